The van der Waals surface area contributed by atoms with Gasteiger partial charge >= 0.3 is 11.9 Å². The largest absolute Gasteiger partial charge is 0.428 e. The van der Waals surface area contributed by atoms with Gasteiger partial charge in [0, 0.05) is 25.2 Å². The van der Waals surface area contributed by atoms with E-state index in [0.717, 1.165) is 18.5 Å². The number of fused-ring (bicyclic) bond motifs is 1. The summed E-state index contributed by atoms with van der Waals surface area (Å²) in [6.07, 6.45) is 8.58. The highest BCUT2D eigenvalue weighted by molar-refractivity contribution is 7.99. The summed E-state index contributed by atoms with van der Waals surface area (Å²) in [6.45, 7) is 2.47. The van der Waals surface area contributed by atoms with Crippen molar-refractivity contribution >= 4 is 40.6 Å². The van der Waals surface area contributed by atoms with E-state index in [1.54, 1.807) is 6.20 Å². The molecular formula is C23H24N7O2S+. The van der Waals surface area contributed by atoms with Crippen molar-refractivity contribution in [2.45, 2.75) is 31.0 Å². The third kappa shape index (κ3) is 3.91. The summed E-state index contributed by atoms with van der Waals surface area (Å²) in [7, 11) is 0. The number of H-pyrrole nitrogens is 1. The lowest BCUT2D eigenvalue weighted by atomic mass is 10.2. The Morgan fingerprint density at radius 3 is 2.82 bits per heavy atom. The first kappa shape index (κ1) is 21.4. The number of hydrogen-bond donors (Lipinski definition) is 2. The Labute approximate surface area is 194 Å². The molecule has 2 N–H and O–H groups in total. The van der Waals surface area contributed by atoms with E-state index >= 15 is 0 Å². The van der Waals surface area contributed by atoms with Crippen LogP contribution in [-0.4, -0.2) is 59.3 Å². The zero-order chi connectivity index (χ0) is 22.8. The summed E-state index contributed by atoms with van der Waals surface area (Å²) >= 11 is 1.28. The van der Waals surface area contributed by atoms with Crippen LogP contribution in [0.2, 0.25) is 0 Å². The standard InChI is InChI=1S/C23H23N7O2S/c1-16-7-6-12-30(16,20(31)14-33-22-26-18-13-24-15-25-21(18)28-22)23(32)27-17-8-2-3-9-19(17)29-10-4-5-11-29/h2-5,8-11,13,15-16H,6-7,12,14H2,1H3,(H-,24,25,26,27,28,32)/p+1/t16-,30?/m1/s1. The molecular weight excluding hydrogens is 438 g/mol. The Morgan fingerprint density at radius 2 is 2.06 bits per heavy atom. The summed E-state index contributed by atoms with van der Waals surface area (Å²) in [6, 6.07) is 11.1. The maximum Gasteiger partial charge on any atom is 0.428 e. The van der Waals surface area contributed by atoms with Crippen molar-refractivity contribution in [3.05, 3.63) is 61.3 Å². The molecule has 0 spiro atoms. The number of aromatic amines is 1. The number of quaternary nitrogens is 1. The number of imide groups is 1. The Kier molecular flexibility index (Phi) is 5.69. The molecule has 1 aliphatic rings. The van der Waals surface area contributed by atoms with E-state index in [9.17, 15) is 9.59 Å². The van der Waals surface area contributed by atoms with Crippen molar-refractivity contribution in [2.24, 2.45) is 0 Å². The quantitative estimate of drug-likeness (QED) is 0.343. The first-order valence-corrected chi connectivity index (χ1v) is 11.8. The molecule has 3 aromatic heterocycles. The number of para-hydroxylation sites is 2. The molecule has 1 saturated heterocycles. The van der Waals surface area contributed by atoms with Crippen LogP contribution in [0, 0.1) is 0 Å². The molecule has 1 unspecified atom stereocenters. The highest BCUT2D eigenvalue weighted by Gasteiger charge is 2.52. The predicted octanol–water partition coefficient (Wildman–Crippen LogP) is 3.99. The zero-order valence-electron chi connectivity index (χ0n) is 18.1. The second-order valence-electron chi connectivity index (χ2n) is 8.11. The number of nitrogens with one attached hydrogen (secondary N) is 2. The van der Waals surface area contributed by atoms with Crippen LogP contribution in [-0.2, 0) is 4.79 Å². The van der Waals surface area contributed by atoms with Gasteiger partial charge in [0.05, 0.1) is 24.1 Å². The van der Waals surface area contributed by atoms with Gasteiger partial charge in [-0.15, -0.1) is 0 Å². The molecule has 3 amide bonds. The average Bonchev–Trinajstić information content (AvgIpc) is 3.57. The second kappa shape index (κ2) is 8.80. The van der Waals surface area contributed by atoms with Crippen LogP contribution >= 0.6 is 11.8 Å². The molecule has 9 nitrogen and oxygen atoms in total. The molecule has 10 heteroatoms. The number of benzene rings is 1. The fourth-order valence-electron chi connectivity index (χ4n) is 4.43. The summed E-state index contributed by atoms with van der Waals surface area (Å²) in [5, 5.41) is 3.64. The number of carbonyl (C=O) groups excluding carboxylic acids is 2. The molecule has 5 rings (SSSR count). The number of aromatic nitrogens is 5. The Morgan fingerprint density at radius 1 is 1.24 bits per heavy atom. The number of carbonyl (C=O) groups is 2. The van der Waals surface area contributed by atoms with Gasteiger partial charge in [-0.1, -0.05) is 23.9 Å². The first-order chi connectivity index (χ1) is 16.1. The van der Waals surface area contributed by atoms with Crippen LogP contribution < -0.4 is 5.32 Å². The van der Waals surface area contributed by atoms with E-state index in [2.05, 4.69) is 25.3 Å². The van der Waals surface area contributed by atoms with Crippen molar-refractivity contribution in [1.29, 1.82) is 0 Å². The summed E-state index contributed by atoms with van der Waals surface area (Å²) in [5.41, 5.74) is 2.79. The van der Waals surface area contributed by atoms with Gasteiger partial charge in [-0.05, 0) is 31.2 Å². The van der Waals surface area contributed by atoms with E-state index in [0.29, 0.717) is 28.6 Å². The minimum Gasteiger partial charge on any atom is -0.330 e. The van der Waals surface area contributed by atoms with Crippen LogP contribution in [0.3, 0.4) is 0 Å². The first-order valence-electron chi connectivity index (χ1n) is 10.8. The minimum atomic E-state index is -0.291. The SMILES string of the molecule is C[C@@H]1CCC[N+]1(C(=O)CSc1nc2ncncc2[nH]1)C(=O)Nc1ccccc1-n1cccc1. The zero-order valence-corrected chi connectivity index (χ0v) is 19.0. The normalized spacial score (nSPS) is 20.2. The monoisotopic (exact) mass is 462 g/mol. The van der Waals surface area contributed by atoms with Crippen LogP contribution in [0.25, 0.3) is 16.9 Å². The van der Waals surface area contributed by atoms with Crippen LogP contribution in [0.4, 0.5) is 10.5 Å². The second-order valence-corrected chi connectivity index (χ2v) is 9.07. The summed E-state index contributed by atoms with van der Waals surface area (Å²) in [4.78, 5) is 42.8. The Bertz CT molecular complexity index is 1270. The lowest BCUT2D eigenvalue weighted by Gasteiger charge is -2.33. The van der Waals surface area contributed by atoms with Gasteiger partial charge in [0.2, 0.25) is 0 Å². The molecule has 0 saturated carbocycles. The van der Waals surface area contributed by atoms with Crippen LogP contribution in [0.1, 0.15) is 19.8 Å². The number of amides is 3. The molecule has 0 radical (unpaired) electrons. The Hall–Kier alpha value is -3.50. The maximum absolute atomic E-state index is 13.6. The number of likely N-dealkylation sites (tertiary alicyclic amines) is 1. The van der Waals surface area contributed by atoms with E-state index in [1.807, 2.05) is 60.3 Å². The molecule has 0 aliphatic carbocycles. The number of rotatable bonds is 5. The van der Waals surface area contributed by atoms with Crippen LogP contribution in [0.5, 0.6) is 0 Å². The van der Waals surface area contributed by atoms with Gasteiger partial charge in [-0.25, -0.2) is 24.5 Å². The highest BCUT2D eigenvalue weighted by Crippen LogP contribution is 2.32. The van der Waals surface area contributed by atoms with Gasteiger partial charge in [0.1, 0.15) is 23.6 Å². The minimum absolute atomic E-state index is 0.0987. The van der Waals surface area contributed by atoms with Crippen molar-refractivity contribution in [1.82, 2.24) is 24.5 Å². The van der Waals surface area contributed by atoms with Crippen molar-refractivity contribution < 1.29 is 14.1 Å². The predicted molar refractivity (Wildman–Crippen MR) is 126 cm³/mol. The molecule has 0 bridgehead atoms. The van der Waals surface area contributed by atoms with Gasteiger partial charge in [0.25, 0.3) is 0 Å². The molecule has 2 atom stereocenters. The van der Waals surface area contributed by atoms with Gasteiger partial charge in [-0.3, -0.25) is 5.32 Å². The van der Waals surface area contributed by atoms with E-state index in [1.165, 1.54) is 18.1 Å². The third-order valence-electron chi connectivity index (χ3n) is 6.19. The van der Waals surface area contributed by atoms with Gasteiger partial charge in [-0.2, -0.15) is 4.48 Å². The fraction of sp³-hybridized carbons (Fsp3) is 0.261. The number of imidazole rings is 1. The molecule has 1 aromatic carbocycles. The van der Waals surface area contributed by atoms with E-state index in [-0.39, 0.29) is 28.2 Å². The lowest BCUT2D eigenvalue weighted by molar-refractivity contribution is -0.781. The van der Waals surface area contributed by atoms with Crippen molar-refractivity contribution in [3.63, 3.8) is 0 Å². The topological polar surface area (TPSA) is 106 Å². The average molecular weight is 463 g/mol. The number of nitrogens with zero attached hydrogens (tertiary/aromatic N) is 5. The smallest absolute Gasteiger partial charge is 0.330 e. The third-order valence-corrected chi connectivity index (χ3v) is 7.05. The molecule has 4 heterocycles. The Balaban J connectivity index is 1.37. The highest BCUT2D eigenvalue weighted by atomic mass is 32.2. The van der Waals surface area contributed by atoms with Gasteiger partial charge < -0.3 is 9.55 Å². The molecule has 168 valence electrons. The number of anilines is 1. The molecule has 1 aliphatic heterocycles. The summed E-state index contributed by atoms with van der Waals surface area (Å²) in [5.74, 6) is -0.00273. The number of hydrogen-bond acceptors (Lipinski definition) is 6. The van der Waals surface area contributed by atoms with Crippen LogP contribution in [0.15, 0.2) is 66.5 Å². The van der Waals surface area contributed by atoms with Gasteiger partial charge in [0.15, 0.2) is 10.8 Å². The summed E-state index contributed by atoms with van der Waals surface area (Å²) < 4.78 is 1.72. The molecule has 1 fully saturated rings. The number of thioether (sulfide) groups is 1. The lowest BCUT2D eigenvalue weighted by Crippen LogP contribution is -2.61. The van der Waals surface area contributed by atoms with Crippen molar-refractivity contribution in [3.8, 4) is 5.69 Å². The van der Waals surface area contributed by atoms with E-state index in [4.69, 9.17) is 0 Å². The van der Waals surface area contributed by atoms with E-state index < -0.39 is 0 Å². The van der Waals surface area contributed by atoms with Crippen molar-refractivity contribution in [2.75, 3.05) is 17.6 Å². The molecule has 33 heavy (non-hydrogen) atoms. The maximum atomic E-state index is 13.6. The molecule has 4 aromatic rings. The fourth-order valence-corrected chi connectivity index (χ4v) is 5.25. The number of urea groups is 1.